The topological polar surface area (TPSA) is 87.2 Å². The zero-order chi connectivity index (χ0) is 15.4. The lowest BCUT2D eigenvalue weighted by molar-refractivity contribution is 0.0740. The van der Waals surface area contributed by atoms with Gasteiger partial charge in [-0.3, -0.25) is 9.89 Å². The number of aromatic amines is 1. The Morgan fingerprint density at radius 2 is 2.09 bits per heavy atom. The van der Waals surface area contributed by atoms with E-state index in [1.807, 2.05) is 6.92 Å². The van der Waals surface area contributed by atoms with Crippen LogP contribution in [0.1, 0.15) is 17.4 Å². The first-order chi connectivity index (χ1) is 10.8. The molecule has 1 saturated heterocycles. The van der Waals surface area contributed by atoms with E-state index in [2.05, 4.69) is 25.1 Å². The summed E-state index contributed by atoms with van der Waals surface area (Å²) in [5.74, 6) is 1.18. The lowest BCUT2D eigenvalue weighted by atomic mass is 10.3. The van der Waals surface area contributed by atoms with Crippen LogP contribution in [0.5, 0.6) is 5.88 Å². The molecule has 0 aliphatic carbocycles. The first kappa shape index (κ1) is 14.3. The Labute approximate surface area is 128 Å². The van der Waals surface area contributed by atoms with E-state index in [4.69, 9.17) is 4.74 Å². The van der Waals surface area contributed by atoms with Crippen LogP contribution in [0, 0.1) is 0 Å². The Morgan fingerprint density at radius 3 is 2.77 bits per heavy atom. The number of carbonyl (C=O) groups excluding carboxylic acids is 1. The zero-order valence-electron chi connectivity index (χ0n) is 12.4. The highest BCUT2D eigenvalue weighted by Crippen LogP contribution is 2.15. The fraction of sp³-hybridized carbons (Fsp3) is 0.429. The van der Waals surface area contributed by atoms with Crippen LogP contribution in [-0.2, 0) is 0 Å². The lowest BCUT2D eigenvalue weighted by Crippen LogP contribution is -2.49. The third-order valence-corrected chi connectivity index (χ3v) is 3.49. The quantitative estimate of drug-likeness (QED) is 0.888. The number of nitrogens with zero attached hydrogens (tertiary/aromatic N) is 5. The van der Waals surface area contributed by atoms with Gasteiger partial charge in [0.05, 0.1) is 6.61 Å². The van der Waals surface area contributed by atoms with Crippen molar-refractivity contribution in [2.75, 3.05) is 37.7 Å². The van der Waals surface area contributed by atoms with Crippen LogP contribution in [0.25, 0.3) is 0 Å². The Kier molecular flexibility index (Phi) is 4.17. The van der Waals surface area contributed by atoms with Crippen LogP contribution in [0.4, 0.5) is 5.95 Å². The van der Waals surface area contributed by atoms with E-state index in [0.29, 0.717) is 50.3 Å². The van der Waals surface area contributed by atoms with E-state index in [1.165, 1.54) is 0 Å². The van der Waals surface area contributed by atoms with Crippen molar-refractivity contribution >= 4 is 11.9 Å². The minimum absolute atomic E-state index is 0.0267. The molecule has 8 nitrogen and oxygen atoms in total. The fourth-order valence-electron chi connectivity index (χ4n) is 2.37. The van der Waals surface area contributed by atoms with Crippen LogP contribution in [0.15, 0.2) is 24.5 Å². The summed E-state index contributed by atoms with van der Waals surface area (Å²) >= 11 is 0. The first-order valence-electron chi connectivity index (χ1n) is 7.27. The van der Waals surface area contributed by atoms with E-state index in [9.17, 15) is 4.79 Å². The van der Waals surface area contributed by atoms with Crippen molar-refractivity contribution in [3.63, 3.8) is 0 Å². The number of rotatable bonds is 4. The summed E-state index contributed by atoms with van der Waals surface area (Å²) in [7, 11) is 0. The molecule has 1 amide bonds. The molecule has 1 aliphatic rings. The smallest absolute Gasteiger partial charge is 0.271 e. The minimum Gasteiger partial charge on any atom is -0.478 e. The molecule has 3 heterocycles. The van der Waals surface area contributed by atoms with Gasteiger partial charge in [-0.25, -0.2) is 4.98 Å². The molecule has 8 heteroatoms. The Bertz CT molecular complexity index is 622. The highest BCUT2D eigenvalue weighted by Gasteiger charge is 2.24. The maximum absolute atomic E-state index is 12.2. The van der Waals surface area contributed by atoms with Gasteiger partial charge in [0.1, 0.15) is 5.69 Å². The summed E-state index contributed by atoms with van der Waals surface area (Å²) < 4.78 is 5.39. The predicted octanol–water partition coefficient (Wildman–Crippen LogP) is 0.561. The standard InChI is InChI=1S/C14H18N6O2/c1-2-22-12-4-5-15-14(17-12)20-9-7-19(8-10-20)13(21)11-3-6-16-18-11/h3-6H,2,7-10H2,1H3,(H,16,18). The van der Waals surface area contributed by atoms with Gasteiger partial charge in [-0.05, 0) is 13.0 Å². The molecule has 0 saturated carbocycles. The predicted molar refractivity (Wildman–Crippen MR) is 79.9 cm³/mol. The molecular weight excluding hydrogens is 284 g/mol. The average molecular weight is 302 g/mol. The van der Waals surface area contributed by atoms with Crippen LogP contribution in [-0.4, -0.2) is 63.8 Å². The van der Waals surface area contributed by atoms with Crippen molar-refractivity contribution < 1.29 is 9.53 Å². The molecule has 116 valence electrons. The SMILES string of the molecule is CCOc1ccnc(N2CCN(C(=O)c3ccn[nH]3)CC2)n1. The van der Waals surface area contributed by atoms with E-state index in [1.54, 1.807) is 29.4 Å². The van der Waals surface area contributed by atoms with Gasteiger partial charge >= 0.3 is 0 Å². The summed E-state index contributed by atoms with van der Waals surface area (Å²) in [6.07, 6.45) is 3.27. The van der Waals surface area contributed by atoms with Crippen molar-refractivity contribution in [2.45, 2.75) is 6.92 Å². The average Bonchev–Trinajstić information content (AvgIpc) is 3.09. The van der Waals surface area contributed by atoms with Gasteiger partial charge in [0.15, 0.2) is 0 Å². The number of ether oxygens (including phenoxy) is 1. The number of nitrogens with one attached hydrogen (secondary N) is 1. The molecule has 0 spiro atoms. The first-order valence-corrected chi connectivity index (χ1v) is 7.27. The number of piperazine rings is 1. The van der Waals surface area contributed by atoms with Gasteiger partial charge in [-0.1, -0.05) is 0 Å². The number of amides is 1. The van der Waals surface area contributed by atoms with Gasteiger partial charge in [0.2, 0.25) is 11.8 Å². The molecule has 1 aliphatic heterocycles. The van der Waals surface area contributed by atoms with Crippen molar-refractivity contribution in [1.29, 1.82) is 0 Å². The molecule has 22 heavy (non-hydrogen) atoms. The van der Waals surface area contributed by atoms with Crippen LogP contribution < -0.4 is 9.64 Å². The Balaban J connectivity index is 1.62. The minimum atomic E-state index is -0.0267. The summed E-state index contributed by atoms with van der Waals surface area (Å²) in [6, 6.07) is 3.42. The molecule has 0 radical (unpaired) electrons. The van der Waals surface area contributed by atoms with Crippen LogP contribution >= 0.6 is 0 Å². The normalized spacial score (nSPS) is 15.0. The van der Waals surface area contributed by atoms with E-state index in [-0.39, 0.29) is 5.91 Å². The number of aromatic nitrogens is 4. The van der Waals surface area contributed by atoms with E-state index in [0.717, 1.165) is 0 Å². The largest absolute Gasteiger partial charge is 0.478 e. The van der Waals surface area contributed by atoms with Gasteiger partial charge < -0.3 is 14.5 Å². The van der Waals surface area contributed by atoms with Gasteiger partial charge in [0.25, 0.3) is 5.91 Å². The molecule has 2 aromatic heterocycles. The lowest BCUT2D eigenvalue weighted by Gasteiger charge is -2.34. The summed E-state index contributed by atoms with van der Waals surface area (Å²) in [4.78, 5) is 24.7. The van der Waals surface area contributed by atoms with Crippen LogP contribution in [0.2, 0.25) is 0 Å². The molecule has 1 fully saturated rings. The molecule has 2 aromatic rings. The molecule has 0 atom stereocenters. The van der Waals surface area contributed by atoms with Crippen LogP contribution in [0.3, 0.4) is 0 Å². The van der Waals surface area contributed by atoms with Gasteiger partial charge in [0, 0.05) is 44.6 Å². The number of hydrogen-bond acceptors (Lipinski definition) is 6. The second-order valence-corrected chi connectivity index (χ2v) is 4.88. The third-order valence-electron chi connectivity index (χ3n) is 3.49. The molecule has 1 N–H and O–H groups in total. The Morgan fingerprint density at radius 1 is 1.27 bits per heavy atom. The van der Waals surface area contributed by atoms with Crippen molar-refractivity contribution in [1.82, 2.24) is 25.1 Å². The van der Waals surface area contributed by atoms with E-state index < -0.39 is 0 Å². The highest BCUT2D eigenvalue weighted by atomic mass is 16.5. The maximum atomic E-state index is 12.2. The number of anilines is 1. The van der Waals surface area contributed by atoms with Crippen molar-refractivity contribution in [3.8, 4) is 5.88 Å². The monoisotopic (exact) mass is 302 g/mol. The second-order valence-electron chi connectivity index (χ2n) is 4.88. The third kappa shape index (κ3) is 3.00. The van der Waals surface area contributed by atoms with Gasteiger partial charge in [-0.2, -0.15) is 10.1 Å². The number of carbonyl (C=O) groups is 1. The summed E-state index contributed by atoms with van der Waals surface area (Å²) in [6.45, 7) is 5.12. The number of H-pyrrole nitrogens is 1. The molecule has 0 unspecified atom stereocenters. The second kappa shape index (κ2) is 6.42. The zero-order valence-corrected chi connectivity index (χ0v) is 12.4. The van der Waals surface area contributed by atoms with Crippen molar-refractivity contribution in [3.05, 3.63) is 30.2 Å². The summed E-state index contributed by atoms with van der Waals surface area (Å²) in [5.41, 5.74) is 0.517. The molecule has 3 rings (SSSR count). The van der Waals surface area contributed by atoms with Gasteiger partial charge in [-0.15, -0.1) is 0 Å². The number of hydrogen-bond donors (Lipinski definition) is 1. The highest BCUT2D eigenvalue weighted by molar-refractivity contribution is 5.92. The fourth-order valence-corrected chi connectivity index (χ4v) is 2.37. The molecular formula is C14H18N6O2. The maximum Gasteiger partial charge on any atom is 0.271 e. The molecule has 0 bridgehead atoms. The van der Waals surface area contributed by atoms with Crippen molar-refractivity contribution in [2.24, 2.45) is 0 Å². The van der Waals surface area contributed by atoms with E-state index >= 15 is 0 Å². The summed E-state index contributed by atoms with van der Waals surface area (Å²) in [5, 5.41) is 6.51. The molecule has 0 aromatic carbocycles. The Hall–Kier alpha value is -2.64.